The maximum absolute atomic E-state index is 10.3. The van der Waals surface area contributed by atoms with Crippen molar-refractivity contribution in [2.75, 3.05) is 5.73 Å². The summed E-state index contributed by atoms with van der Waals surface area (Å²) in [6.07, 6.45) is 0. The average Bonchev–Trinajstić information content (AvgIpc) is 2.45. The van der Waals surface area contributed by atoms with E-state index in [1.165, 1.54) is 5.56 Å². The topological polar surface area (TPSA) is 65.2 Å². The van der Waals surface area contributed by atoms with Crippen LogP contribution in [0.25, 0.3) is 11.3 Å². The van der Waals surface area contributed by atoms with Gasteiger partial charge in [0.05, 0.1) is 5.69 Å². The van der Waals surface area contributed by atoms with Crippen molar-refractivity contribution >= 4 is 12.3 Å². The third-order valence-corrected chi connectivity index (χ3v) is 3.72. The van der Waals surface area contributed by atoms with Crippen LogP contribution in [-0.4, -0.2) is 11.5 Å². The van der Waals surface area contributed by atoms with E-state index in [4.69, 9.17) is 10.5 Å². The first kappa shape index (κ1) is 16.0. The zero-order valence-corrected chi connectivity index (χ0v) is 13.5. The number of nitrogens with zero attached hydrogens (tertiary/aromatic N) is 1. The normalized spacial score (nSPS) is 11.3. The van der Waals surface area contributed by atoms with Gasteiger partial charge in [-0.05, 0) is 29.5 Å². The van der Waals surface area contributed by atoms with E-state index in [2.05, 4.69) is 50.0 Å². The van der Waals surface area contributed by atoms with Crippen LogP contribution in [0.5, 0.6) is 0 Å². The van der Waals surface area contributed by atoms with Gasteiger partial charge in [0.1, 0.15) is 12.4 Å². The SMILES string of the molecule is Cc1cc(-c2ccc(C(C)(C)C)cc2)nc(N)c1COC=O. The van der Waals surface area contributed by atoms with Crippen LogP contribution in [-0.2, 0) is 21.6 Å². The highest BCUT2D eigenvalue weighted by atomic mass is 16.5. The Morgan fingerprint density at radius 3 is 2.36 bits per heavy atom. The number of ether oxygens (including phenoxy) is 1. The molecule has 4 heteroatoms. The smallest absolute Gasteiger partial charge is 0.293 e. The molecule has 0 aliphatic carbocycles. The van der Waals surface area contributed by atoms with Crippen LogP contribution in [0.4, 0.5) is 5.82 Å². The predicted octanol–water partition coefficient (Wildman–Crippen LogP) is 3.61. The number of benzene rings is 1. The Balaban J connectivity index is 2.35. The van der Waals surface area contributed by atoms with Gasteiger partial charge < -0.3 is 10.5 Å². The second-order valence-electron chi connectivity index (χ2n) is 6.42. The van der Waals surface area contributed by atoms with Gasteiger partial charge in [-0.3, -0.25) is 4.79 Å². The van der Waals surface area contributed by atoms with E-state index in [1.807, 2.05) is 13.0 Å². The minimum absolute atomic E-state index is 0.122. The molecule has 0 spiro atoms. The molecule has 2 rings (SSSR count). The summed E-state index contributed by atoms with van der Waals surface area (Å²) < 4.78 is 4.78. The summed E-state index contributed by atoms with van der Waals surface area (Å²) in [5, 5.41) is 0. The molecule has 4 nitrogen and oxygen atoms in total. The van der Waals surface area contributed by atoms with E-state index in [-0.39, 0.29) is 12.0 Å². The summed E-state index contributed by atoms with van der Waals surface area (Å²) in [5.74, 6) is 0.400. The predicted molar refractivity (Wildman–Crippen MR) is 88.4 cm³/mol. The van der Waals surface area contributed by atoms with Gasteiger partial charge in [0.2, 0.25) is 0 Å². The van der Waals surface area contributed by atoms with Crippen molar-refractivity contribution in [2.45, 2.75) is 39.7 Å². The Bertz CT molecular complexity index is 647. The highest BCUT2D eigenvalue weighted by molar-refractivity contribution is 5.64. The quantitative estimate of drug-likeness (QED) is 0.876. The molecule has 0 saturated heterocycles. The summed E-state index contributed by atoms with van der Waals surface area (Å²) >= 11 is 0. The largest absolute Gasteiger partial charge is 0.463 e. The maximum atomic E-state index is 10.3. The summed E-state index contributed by atoms with van der Waals surface area (Å²) in [4.78, 5) is 14.7. The van der Waals surface area contributed by atoms with Crippen LogP contribution in [0.1, 0.15) is 37.5 Å². The highest BCUT2D eigenvalue weighted by Crippen LogP contribution is 2.27. The van der Waals surface area contributed by atoms with Crippen molar-refractivity contribution in [2.24, 2.45) is 0 Å². The lowest BCUT2D eigenvalue weighted by Crippen LogP contribution is -2.10. The zero-order valence-electron chi connectivity index (χ0n) is 13.5. The number of nitrogen functional groups attached to an aromatic ring is 1. The number of hydrogen-bond acceptors (Lipinski definition) is 4. The van der Waals surface area contributed by atoms with Crippen molar-refractivity contribution in [3.8, 4) is 11.3 Å². The van der Waals surface area contributed by atoms with Crippen LogP contribution in [0, 0.1) is 6.92 Å². The summed E-state index contributed by atoms with van der Waals surface area (Å²) in [6, 6.07) is 10.3. The van der Waals surface area contributed by atoms with Crippen LogP contribution in [0.2, 0.25) is 0 Å². The molecular weight excluding hydrogens is 276 g/mol. The molecule has 22 heavy (non-hydrogen) atoms. The Morgan fingerprint density at radius 1 is 1.23 bits per heavy atom. The lowest BCUT2D eigenvalue weighted by Gasteiger charge is -2.19. The summed E-state index contributed by atoms with van der Waals surface area (Å²) in [6.45, 7) is 9.06. The number of aromatic nitrogens is 1. The van der Waals surface area contributed by atoms with Crippen LogP contribution >= 0.6 is 0 Å². The number of nitrogens with two attached hydrogens (primary N) is 1. The van der Waals surface area contributed by atoms with E-state index in [1.54, 1.807) is 0 Å². The first-order chi connectivity index (χ1) is 10.3. The van der Waals surface area contributed by atoms with Crippen molar-refractivity contribution < 1.29 is 9.53 Å². The molecule has 0 amide bonds. The van der Waals surface area contributed by atoms with E-state index in [9.17, 15) is 4.79 Å². The van der Waals surface area contributed by atoms with Crippen molar-refractivity contribution in [1.29, 1.82) is 0 Å². The van der Waals surface area contributed by atoms with Gasteiger partial charge in [0.25, 0.3) is 6.47 Å². The van der Waals surface area contributed by atoms with Crippen molar-refractivity contribution in [1.82, 2.24) is 4.98 Å². The van der Waals surface area contributed by atoms with Crippen LogP contribution in [0.3, 0.4) is 0 Å². The Kier molecular flexibility index (Phi) is 4.50. The minimum atomic E-state index is 0.122. The second kappa shape index (κ2) is 6.18. The fraction of sp³-hybridized carbons (Fsp3) is 0.333. The van der Waals surface area contributed by atoms with Gasteiger partial charge in [0, 0.05) is 11.1 Å². The highest BCUT2D eigenvalue weighted by Gasteiger charge is 2.14. The first-order valence-corrected chi connectivity index (χ1v) is 7.25. The number of carbonyl (C=O) groups excluding carboxylic acids is 1. The molecule has 0 fully saturated rings. The lowest BCUT2D eigenvalue weighted by molar-refractivity contribution is -0.129. The number of carbonyl (C=O) groups is 1. The monoisotopic (exact) mass is 298 g/mol. The molecule has 0 radical (unpaired) electrons. The lowest BCUT2D eigenvalue weighted by atomic mass is 9.86. The number of hydrogen-bond donors (Lipinski definition) is 1. The average molecular weight is 298 g/mol. The Morgan fingerprint density at radius 2 is 1.86 bits per heavy atom. The standard InChI is InChI=1S/C18H22N2O2/c1-12-9-16(20-17(19)15(12)10-22-11-21)13-5-7-14(8-6-13)18(2,3)4/h5-9,11H,10H2,1-4H3,(H2,19,20). The van der Waals surface area contributed by atoms with Gasteiger partial charge in [-0.1, -0.05) is 45.0 Å². The number of rotatable bonds is 4. The van der Waals surface area contributed by atoms with E-state index >= 15 is 0 Å². The number of aryl methyl sites for hydroxylation is 1. The maximum Gasteiger partial charge on any atom is 0.293 e. The molecule has 116 valence electrons. The fourth-order valence-electron chi connectivity index (χ4n) is 2.32. The molecule has 0 unspecified atom stereocenters. The van der Waals surface area contributed by atoms with Crippen LogP contribution in [0.15, 0.2) is 30.3 Å². The molecule has 1 heterocycles. The Hall–Kier alpha value is -2.36. The van der Waals surface area contributed by atoms with E-state index in [0.717, 1.165) is 22.4 Å². The molecule has 2 aromatic rings. The van der Waals surface area contributed by atoms with Crippen molar-refractivity contribution in [3.05, 3.63) is 47.0 Å². The summed E-state index contributed by atoms with van der Waals surface area (Å²) in [5.41, 5.74) is 10.9. The minimum Gasteiger partial charge on any atom is -0.463 e. The molecular formula is C18H22N2O2. The van der Waals surface area contributed by atoms with Gasteiger partial charge in [-0.2, -0.15) is 0 Å². The van der Waals surface area contributed by atoms with E-state index in [0.29, 0.717) is 12.3 Å². The number of pyridine rings is 1. The van der Waals surface area contributed by atoms with Gasteiger partial charge >= 0.3 is 0 Å². The van der Waals surface area contributed by atoms with Gasteiger partial charge in [0.15, 0.2) is 0 Å². The third kappa shape index (κ3) is 3.45. The summed E-state index contributed by atoms with van der Waals surface area (Å²) in [7, 11) is 0. The Labute approximate surface area is 131 Å². The van der Waals surface area contributed by atoms with Gasteiger partial charge in [-0.15, -0.1) is 0 Å². The first-order valence-electron chi connectivity index (χ1n) is 7.25. The molecule has 0 aliphatic heterocycles. The zero-order chi connectivity index (χ0) is 16.3. The molecule has 1 aromatic carbocycles. The fourth-order valence-corrected chi connectivity index (χ4v) is 2.32. The molecule has 2 N–H and O–H groups in total. The number of anilines is 1. The van der Waals surface area contributed by atoms with Gasteiger partial charge in [-0.25, -0.2) is 4.98 Å². The third-order valence-electron chi connectivity index (χ3n) is 3.72. The molecule has 1 aromatic heterocycles. The van der Waals surface area contributed by atoms with Crippen molar-refractivity contribution in [3.63, 3.8) is 0 Å². The van der Waals surface area contributed by atoms with E-state index < -0.39 is 0 Å². The molecule has 0 bridgehead atoms. The second-order valence-corrected chi connectivity index (χ2v) is 6.42. The molecule has 0 saturated carbocycles. The van der Waals surface area contributed by atoms with Crippen LogP contribution < -0.4 is 5.73 Å². The molecule has 0 atom stereocenters. The molecule has 0 aliphatic rings.